The van der Waals surface area contributed by atoms with Gasteiger partial charge in [0.2, 0.25) is 0 Å². The predicted octanol–water partition coefficient (Wildman–Crippen LogP) is 4.18. The highest BCUT2D eigenvalue weighted by molar-refractivity contribution is 9.10. The number of benzene rings is 2. The van der Waals surface area contributed by atoms with Crippen molar-refractivity contribution in [2.75, 3.05) is 14.2 Å². The van der Waals surface area contributed by atoms with Crippen molar-refractivity contribution in [3.05, 3.63) is 63.6 Å². The molecule has 3 rings (SSSR count). The van der Waals surface area contributed by atoms with Gasteiger partial charge in [-0.25, -0.2) is 9.59 Å². The zero-order valence-electron chi connectivity index (χ0n) is 17.1. The van der Waals surface area contributed by atoms with Crippen LogP contribution in [0.2, 0.25) is 0 Å². The van der Waals surface area contributed by atoms with Crippen LogP contribution in [0.4, 0.5) is 4.79 Å². The minimum Gasteiger partial charge on any atom is -0.493 e. The standard InChI is InChI=1S/C22H23BrN2O5/c1-12(2)30-21(26)16-18(13-8-6-5-7-9-13)24-22(27)25-19(16)14-10-11-15(28-3)20(29-4)17(14)23/h5-12,19H,1-4H3,(H2,24,25,27). The van der Waals surface area contributed by atoms with Gasteiger partial charge in [0, 0.05) is 0 Å². The van der Waals surface area contributed by atoms with Gasteiger partial charge in [0.1, 0.15) is 0 Å². The molecule has 30 heavy (non-hydrogen) atoms. The Morgan fingerprint density at radius 1 is 1.07 bits per heavy atom. The van der Waals surface area contributed by atoms with E-state index < -0.39 is 18.0 Å². The smallest absolute Gasteiger partial charge is 0.338 e. The van der Waals surface area contributed by atoms with E-state index >= 15 is 0 Å². The molecule has 1 aliphatic heterocycles. The molecular weight excluding hydrogens is 452 g/mol. The quantitative estimate of drug-likeness (QED) is 0.613. The van der Waals surface area contributed by atoms with E-state index in [0.717, 1.165) is 0 Å². The largest absolute Gasteiger partial charge is 0.493 e. The second-order valence-corrected chi connectivity index (χ2v) is 7.64. The van der Waals surface area contributed by atoms with Crippen LogP contribution >= 0.6 is 15.9 Å². The number of esters is 1. The molecule has 0 saturated carbocycles. The average Bonchev–Trinajstić information content (AvgIpc) is 2.72. The Morgan fingerprint density at radius 3 is 2.37 bits per heavy atom. The first-order chi connectivity index (χ1) is 14.4. The van der Waals surface area contributed by atoms with Gasteiger partial charge in [-0.15, -0.1) is 0 Å². The summed E-state index contributed by atoms with van der Waals surface area (Å²) in [7, 11) is 3.06. The number of carbonyl (C=O) groups excluding carboxylic acids is 2. The van der Waals surface area contributed by atoms with Crippen molar-refractivity contribution >= 4 is 33.6 Å². The van der Waals surface area contributed by atoms with Gasteiger partial charge in [0.05, 0.1) is 42.1 Å². The third-order valence-electron chi connectivity index (χ3n) is 4.52. The maximum atomic E-state index is 13.1. The lowest BCUT2D eigenvalue weighted by Crippen LogP contribution is -2.45. The van der Waals surface area contributed by atoms with Crippen molar-refractivity contribution in [1.82, 2.24) is 10.6 Å². The number of carbonyl (C=O) groups is 2. The van der Waals surface area contributed by atoms with Crippen LogP contribution in [0.1, 0.15) is 31.0 Å². The van der Waals surface area contributed by atoms with Crippen molar-refractivity contribution < 1.29 is 23.8 Å². The summed E-state index contributed by atoms with van der Waals surface area (Å²) in [5.41, 5.74) is 2.02. The summed E-state index contributed by atoms with van der Waals surface area (Å²) in [6.07, 6.45) is -0.325. The fourth-order valence-corrected chi connectivity index (χ4v) is 3.97. The first-order valence-electron chi connectivity index (χ1n) is 9.35. The third kappa shape index (κ3) is 4.28. The number of urea groups is 1. The van der Waals surface area contributed by atoms with Gasteiger partial charge in [-0.3, -0.25) is 0 Å². The fourth-order valence-electron chi connectivity index (χ4n) is 3.26. The van der Waals surface area contributed by atoms with Gasteiger partial charge >= 0.3 is 12.0 Å². The first-order valence-corrected chi connectivity index (χ1v) is 10.1. The molecule has 2 aromatic carbocycles. The van der Waals surface area contributed by atoms with Crippen LogP contribution in [0.15, 0.2) is 52.5 Å². The zero-order valence-corrected chi connectivity index (χ0v) is 18.7. The summed E-state index contributed by atoms with van der Waals surface area (Å²) in [4.78, 5) is 25.7. The summed E-state index contributed by atoms with van der Waals surface area (Å²) in [6.45, 7) is 3.55. The number of ether oxygens (including phenoxy) is 3. The van der Waals surface area contributed by atoms with E-state index in [1.165, 1.54) is 14.2 Å². The maximum absolute atomic E-state index is 13.1. The van der Waals surface area contributed by atoms with Gasteiger partial charge in [0.15, 0.2) is 11.5 Å². The van der Waals surface area contributed by atoms with Crippen LogP contribution < -0.4 is 20.1 Å². The predicted molar refractivity (Wildman–Crippen MR) is 116 cm³/mol. The minimum absolute atomic E-state index is 0.294. The Bertz CT molecular complexity index is 989. The molecular formula is C22H23BrN2O5. The second-order valence-electron chi connectivity index (χ2n) is 6.84. The summed E-state index contributed by atoms with van der Waals surface area (Å²) in [5.74, 6) is 0.454. The summed E-state index contributed by atoms with van der Waals surface area (Å²) >= 11 is 3.54. The van der Waals surface area contributed by atoms with Crippen molar-refractivity contribution in [2.45, 2.75) is 26.0 Å². The molecule has 1 unspecified atom stereocenters. The van der Waals surface area contributed by atoms with Crippen LogP contribution in [-0.2, 0) is 9.53 Å². The number of hydrogen-bond donors (Lipinski definition) is 2. The lowest BCUT2D eigenvalue weighted by molar-refractivity contribution is -0.143. The molecule has 0 aliphatic carbocycles. The molecule has 1 atom stereocenters. The summed E-state index contributed by atoms with van der Waals surface area (Å²) < 4.78 is 16.9. The molecule has 2 amide bonds. The number of methoxy groups -OCH3 is 2. The van der Waals surface area contributed by atoms with E-state index in [1.807, 2.05) is 30.3 Å². The van der Waals surface area contributed by atoms with Crippen LogP contribution in [0, 0.1) is 0 Å². The number of rotatable bonds is 6. The van der Waals surface area contributed by atoms with E-state index in [2.05, 4.69) is 26.6 Å². The van der Waals surface area contributed by atoms with Gasteiger partial charge in [0.25, 0.3) is 0 Å². The molecule has 1 aliphatic rings. The van der Waals surface area contributed by atoms with Gasteiger partial charge in [-0.05, 0) is 47.0 Å². The molecule has 158 valence electrons. The van der Waals surface area contributed by atoms with E-state index in [0.29, 0.717) is 38.4 Å². The van der Waals surface area contributed by atoms with Crippen molar-refractivity contribution in [1.29, 1.82) is 0 Å². The van der Waals surface area contributed by atoms with Crippen LogP contribution in [0.25, 0.3) is 5.70 Å². The van der Waals surface area contributed by atoms with Crippen molar-refractivity contribution in [3.63, 3.8) is 0 Å². The molecule has 2 aromatic rings. The van der Waals surface area contributed by atoms with Crippen LogP contribution in [0.5, 0.6) is 11.5 Å². The fraction of sp³-hybridized carbons (Fsp3) is 0.273. The molecule has 7 nitrogen and oxygen atoms in total. The Labute approximate surface area is 183 Å². The normalized spacial score (nSPS) is 16.1. The van der Waals surface area contributed by atoms with Gasteiger partial charge < -0.3 is 24.8 Å². The highest BCUT2D eigenvalue weighted by atomic mass is 79.9. The minimum atomic E-state index is -0.769. The number of amides is 2. The van der Waals surface area contributed by atoms with Gasteiger partial charge in [-0.2, -0.15) is 0 Å². The molecule has 0 radical (unpaired) electrons. The monoisotopic (exact) mass is 474 g/mol. The Kier molecular flexibility index (Phi) is 6.66. The van der Waals surface area contributed by atoms with Crippen LogP contribution in [-0.4, -0.2) is 32.3 Å². The van der Waals surface area contributed by atoms with Crippen molar-refractivity contribution in [3.8, 4) is 11.5 Å². The van der Waals surface area contributed by atoms with Crippen molar-refractivity contribution in [2.24, 2.45) is 0 Å². The highest BCUT2D eigenvalue weighted by Gasteiger charge is 2.36. The molecule has 8 heteroatoms. The summed E-state index contributed by atoms with van der Waals surface area (Å²) in [6, 6.07) is 11.5. The van der Waals surface area contributed by atoms with E-state index in [4.69, 9.17) is 14.2 Å². The molecule has 0 aromatic heterocycles. The molecule has 0 bridgehead atoms. The summed E-state index contributed by atoms with van der Waals surface area (Å²) in [5, 5.41) is 5.60. The van der Waals surface area contributed by atoms with E-state index in [1.54, 1.807) is 26.0 Å². The molecule has 1 heterocycles. The Morgan fingerprint density at radius 2 is 1.77 bits per heavy atom. The van der Waals surface area contributed by atoms with E-state index in [9.17, 15) is 9.59 Å². The lowest BCUT2D eigenvalue weighted by Gasteiger charge is -2.31. The molecule has 0 fully saturated rings. The molecule has 0 saturated heterocycles. The highest BCUT2D eigenvalue weighted by Crippen LogP contribution is 2.43. The Balaban J connectivity index is 2.24. The lowest BCUT2D eigenvalue weighted by atomic mass is 9.92. The average molecular weight is 475 g/mol. The topological polar surface area (TPSA) is 85.9 Å². The van der Waals surface area contributed by atoms with Crippen LogP contribution in [0.3, 0.4) is 0 Å². The van der Waals surface area contributed by atoms with Gasteiger partial charge in [-0.1, -0.05) is 36.4 Å². The third-order valence-corrected chi connectivity index (χ3v) is 5.34. The van der Waals surface area contributed by atoms with E-state index in [-0.39, 0.29) is 6.10 Å². The Hall–Kier alpha value is -3.00. The number of nitrogens with one attached hydrogen (secondary N) is 2. The zero-order chi connectivity index (χ0) is 21.8. The molecule has 0 spiro atoms. The second kappa shape index (κ2) is 9.21. The number of halogens is 1. The SMILES string of the molecule is COc1ccc(C2NC(=O)NC(c3ccccc3)=C2C(=O)OC(C)C)c(Br)c1OC. The first kappa shape index (κ1) is 21.7. The maximum Gasteiger partial charge on any atom is 0.338 e. The number of hydrogen-bond acceptors (Lipinski definition) is 5. The molecule has 2 N–H and O–H groups in total.